The minimum Gasteiger partial charge on any atom is -0.361 e. The number of imide groups is 1. The van der Waals surface area contributed by atoms with Crippen LogP contribution in [0.15, 0.2) is 40.0 Å². The molecule has 4 rings (SSSR count). The van der Waals surface area contributed by atoms with E-state index in [2.05, 4.69) is 10.3 Å². The Kier molecular flexibility index (Phi) is 4.62. The summed E-state index contributed by atoms with van der Waals surface area (Å²) >= 11 is 0. The molecule has 0 radical (unpaired) electrons. The number of likely N-dealkylation sites (N-methyl/N-ethyl adjacent to an activating group) is 1. The molecule has 2 aromatic rings. The molecule has 28 heavy (non-hydrogen) atoms. The van der Waals surface area contributed by atoms with E-state index in [1.807, 2.05) is 49.2 Å². The van der Waals surface area contributed by atoms with Crippen molar-refractivity contribution in [3.05, 3.63) is 52.9 Å². The van der Waals surface area contributed by atoms with E-state index in [1.165, 1.54) is 9.80 Å². The van der Waals surface area contributed by atoms with E-state index in [0.717, 1.165) is 22.6 Å². The van der Waals surface area contributed by atoms with Gasteiger partial charge in [-0.05, 0) is 19.4 Å². The normalized spacial score (nSPS) is 22.0. The fourth-order valence-corrected chi connectivity index (χ4v) is 3.74. The summed E-state index contributed by atoms with van der Waals surface area (Å²) in [5.41, 5.74) is 2.84. The highest BCUT2D eigenvalue weighted by molar-refractivity contribution is 6.06. The van der Waals surface area contributed by atoms with Crippen LogP contribution in [0.4, 0.5) is 4.79 Å². The minimum absolute atomic E-state index is 0.174. The second kappa shape index (κ2) is 7.10. The number of nitrogens with zero attached hydrogens (tertiary/aromatic N) is 5. The van der Waals surface area contributed by atoms with Crippen molar-refractivity contribution in [2.24, 2.45) is 5.10 Å². The molecule has 2 aliphatic rings. The second-order valence-corrected chi connectivity index (χ2v) is 7.29. The maximum Gasteiger partial charge on any atom is 0.327 e. The van der Waals surface area contributed by atoms with Gasteiger partial charge in [-0.2, -0.15) is 5.10 Å². The second-order valence-electron chi connectivity index (χ2n) is 7.29. The highest BCUT2D eigenvalue weighted by Gasteiger charge is 2.47. The topological polar surface area (TPSA) is 82.3 Å². The lowest BCUT2D eigenvalue weighted by Gasteiger charge is -2.21. The van der Waals surface area contributed by atoms with E-state index in [0.29, 0.717) is 19.5 Å². The zero-order valence-corrected chi connectivity index (χ0v) is 16.2. The number of urea groups is 1. The van der Waals surface area contributed by atoms with Crippen molar-refractivity contribution in [1.82, 2.24) is 20.0 Å². The maximum atomic E-state index is 13.0. The quantitative estimate of drug-likeness (QED) is 0.740. The highest BCUT2D eigenvalue weighted by Crippen LogP contribution is 2.24. The third kappa shape index (κ3) is 3.15. The molecule has 8 heteroatoms. The summed E-state index contributed by atoms with van der Waals surface area (Å²) in [6.45, 7) is 4.75. The van der Waals surface area contributed by atoms with Gasteiger partial charge in [0.25, 0.3) is 5.91 Å². The van der Waals surface area contributed by atoms with Crippen LogP contribution in [0, 0.1) is 13.8 Å². The average molecular weight is 381 g/mol. The summed E-state index contributed by atoms with van der Waals surface area (Å²) in [7, 11) is 1.68. The summed E-state index contributed by atoms with van der Waals surface area (Å²) < 4.78 is 5.20. The molecule has 1 aromatic carbocycles. The molecule has 1 fully saturated rings. The van der Waals surface area contributed by atoms with Gasteiger partial charge in [-0.3, -0.25) is 14.7 Å². The van der Waals surface area contributed by atoms with Crippen molar-refractivity contribution in [1.29, 1.82) is 0 Å². The van der Waals surface area contributed by atoms with Crippen molar-refractivity contribution in [3.8, 4) is 0 Å². The lowest BCUT2D eigenvalue weighted by Crippen LogP contribution is -2.44. The van der Waals surface area contributed by atoms with Crippen LogP contribution in [0.1, 0.15) is 22.6 Å². The molecule has 0 bridgehead atoms. The number of aryl methyl sites for hydroxylation is 2. The zero-order valence-electron chi connectivity index (χ0n) is 16.2. The Balaban J connectivity index is 1.45. The first kappa shape index (κ1) is 18.2. The van der Waals surface area contributed by atoms with Crippen molar-refractivity contribution in [3.63, 3.8) is 0 Å². The third-order valence-corrected chi connectivity index (χ3v) is 5.42. The molecule has 8 nitrogen and oxygen atoms in total. The SMILES string of the molecule is Cc1noc(C)c1CN1CC(N2C(=O)C(Cc3ccccc3)N(C)C2=O)C=N1. The first-order chi connectivity index (χ1) is 13.5. The van der Waals surface area contributed by atoms with Crippen LogP contribution in [-0.2, 0) is 17.8 Å². The Morgan fingerprint density at radius 1 is 1.18 bits per heavy atom. The van der Waals surface area contributed by atoms with Crippen LogP contribution in [-0.4, -0.2) is 63.8 Å². The fraction of sp³-hybridized carbons (Fsp3) is 0.400. The lowest BCUT2D eigenvalue weighted by atomic mass is 10.1. The number of hydrazone groups is 1. The fourth-order valence-electron chi connectivity index (χ4n) is 3.74. The molecule has 1 aromatic heterocycles. The largest absolute Gasteiger partial charge is 0.361 e. The molecule has 2 unspecified atom stereocenters. The molecule has 0 N–H and O–H groups in total. The number of rotatable bonds is 5. The highest BCUT2D eigenvalue weighted by atomic mass is 16.5. The van der Waals surface area contributed by atoms with Crippen LogP contribution >= 0.6 is 0 Å². The van der Waals surface area contributed by atoms with Crippen molar-refractivity contribution >= 4 is 18.2 Å². The van der Waals surface area contributed by atoms with E-state index < -0.39 is 6.04 Å². The van der Waals surface area contributed by atoms with Gasteiger partial charge in [-0.1, -0.05) is 35.5 Å². The van der Waals surface area contributed by atoms with Gasteiger partial charge in [0, 0.05) is 25.2 Å². The van der Waals surface area contributed by atoms with E-state index >= 15 is 0 Å². The van der Waals surface area contributed by atoms with Crippen molar-refractivity contribution in [2.75, 3.05) is 13.6 Å². The average Bonchev–Trinajstić information content (AvgIpc) is 3.33. The molecule has 2 aliphatic heterocycles. The van der Waals surface area contributed by atoms with Crippen LogP contribution in [0.5, 0.6) is 0 Å². The maximum absolute atomic E-state index is 13.0. The van der Waals surface area contributed by atoms with E-state index in [-0.39, 0.29) is 18.0 Å². The molecule has 0 aliphatic carbocycles. The van der Waals surface area contributed by atoms with Crippen LogP contribution in [0.3, 0.4) is 0 Å². The number of aromatic nitrogens is 1. The predicted octanol–water partition coefficient (Wildman–Crippen LogP) is 1.97. The molecule has 146 valence electrons. The Hall–Kier alpha value is -3.16. The summed E-state index contributed by atoms with van der Waals surface area (Å²) in [5, 5.41) is 10.2. The zero-order chi connectivity index (χ0) is 19.8. The van der Waals surface area contributed by atoms with E-state index in [9.17, 15) is 9.59 Å². The summed E-state index contributed by atoms with van der Waals surface area (Å²) in [5.74, 6) is 0.583. The first-order valence-corrected chi connectivity index (χ1v) is 9.30. The summed E-state index contributed by atoms with van der Waals surface area (Å²) in [6.07, 6.45) is 2.18. The molecule has 0 saturated carbocycles. The molecule has 0 spiro atoms. The minimum atomic E-state index is -0.486. The van der Waals surface area contributed by atoms with Gasteiger partial charge in [0.15, 0.2) is 0 Å². The number of amides is 3. The summed E-state index contributed by atoms with van der Waals surface area (Å²) in [4.78, 5) is 28.6. The van der Waals surface area contributed by atoms with Crippen LogP contribution in [0.2, 0.25) is 0 Å². The number of carbonyl (C=O) groups is 2. The molecular formula is C20H23N5O3. The van der Waals surface area contributed by atoms with E-state index in [1.54, 1.807) is 13.3 Å². The molecule has 2 atom stereocenters. The molecular weight excluding hydrogens is 358 g/mol. The number of hydrogen-bond acceptors (Lipinski definition) is 6. The first-order valence-electron chi connectivity index (χ1n) is 9.30. The molecule has 3 heterocycles. The standard InChI is InChI=1S/C20H23N5O3/c1-13-17(14(2)28-22-13)12-24-11-16(10-21-24)25-19(26)18(23(3)20(25)27)9-15-7-5-4-6-8-15/h4-8,10,16,18H,9,11-12H2,1-3H3. The number of hydrogen-bond donors (Lipinski definition) is 0. The van der Waals surface area contributed by atoms with Crippen molar-refractivity contribution in [2.45, 2.75) is 38.9 Å². The van der Waals surface area contributed by atoms with Gasteiger partial charge in [0.2, 0.25) is 0 Å². The van der Waals surface area contributed by atoms with Gasteiger partial charge in [0.1, 0.15) is 11.8 Å². The van der Waals surface area contributed by atoms with Gasteiger partial charge >= 0.3 is 6.03 Å². The third-order valence-electron chi connectivity index (χ3n) is 5.42. The van der Waals surface area contributed by atoms with Gasteiger partial charge in [-0.25, -0.2) is 4.79 Å². The smallest absolute Gasteiger partial charge is 0.327 e. The van der Waals surface area contributed by atoms with Crippen LogP contribution in [0.25, 0.3) is 0 Å². The Morgan fingerprint density at radius 2 is 1.93 bits per heavy atom. The Morgan fingerprint density at radius 3 is 2.61 bits per heavy atom. The lowest BCUT2D eigenvalue weighted by molar-refractivity contribution is -0.128. The number of benzene rings is 1. The Bertz CT molecular complexity index is 904. The number of carbonyl (C=O) groups excluding carboxylic acids is 2. The summed E-state index contributed by atoms with van der Waals surface area (Å²) in [6, 6.07) is 8.61. The molecule has 3 amide bonds. The monoisotopic (exact) mass is 381 g/mol. The Labute approximate surface area is 163 Å². The van der Waals surface area contributed by atoms with E-state index in [4.69, 9.17) is 4.52 Å². The van der Waals surface area contributed by atoms with Gasteiger partial charge in [-0.15, -0.1) is 0 Å². The van der Waals surface area contributed by atoms with Crippen LogP contribution < -0.4 is 0 Å². The van der Waals surface area contributed by atoms with Gasteiger partial charge < -0.3 is 9.42 Å². The molecule has 1 saturated heterocycles. The predicted molar refractivity (Wildman–Crippen MR) is 103 cm³/mol. The van der Waals surface area contributed by atoms with Gasteiger partial charge in [0.05, 0.1) is 24.8 Å². The van der Waals surface area contributed by atoms with Crippen molar-refractivity contribution < 1.29 is 14.1 Å².